The lowest BCUT2D eigenvalue weighted by atomic mass is 9.92. The summed E-state index contributed by atoms with van der Waals surface area (Å²) < 4.78 is 0. The lowest BCUT2D eigenvalue weighted by molar-refractivity contribution is 0.100. The molecule has 1 aromatic rings. The number of primary amides is 1. The Morgan fingerprint density at radius 3 is 2.93 bits per heavy atom. The molecule has 0 aromatic carbocycles. The van der Waals surface area contributed by atoms with E-state index in [1.165, 1.54) is 16.2 Å². The highest BCUT2D eigenvalue weighted by atomic mass is 32.1. The number of nitrogen functional groups attached to an aromatic ring is 1. The molecule has 5 N–H and O–H groups in total. The maximum atomic E-state index is 11.2. The van der Waals surface area contributed by atoms with Gasteiger partial charge in [-0.3, -0.25) is 4.79 Å². The first kappa shape index (κ1) is 10.4. The molecule has 0 aliphatic heterocycles. The van der Waals surface area contributed by atoms with Crippen molar-refractivity contribution in [2.75, 3.05) is 12.8 Å². The third-order valence-electron chi connectivity index (χ3n) is 2.95. The second-order valence-electron chi connectivity index (χ2n) is 3.84. The van der Waals surface area contributed by atoms with Crippen LogP contribution in [0.4, 0.5) is 5.00 Å². The van der Waals surface area contributed by atoms with E-state index in [0.717, 1.165) is 24.8 Å². The Kier molecular flexibility index (Phi) is 2.67. The van der Waals surface area contributed by atoms with Crippen LogP contribution in [-0.2, 0) is 12.8 Å². The Hall–Kier alpha value is -1.07. The number of amides is 1. The molecule has 0 radical (unpaired) electrons. The molecule has 0 spiro atoms. The molecule has 0 fully saturated rings. The number of thiophene rings is 1. The van der Waals surface area contributed by atoms with Gasteiger partial charge >= 0.3 is 0 Å². The van der Waals surface area contributed by atoms with Crippen LogP contribution in [0, 0.1) is 0 Å². The molecule has 1 amide bonds. The fourth-order valence-corrected chi connectivity index (χ4v) is 3.33. The van der Waals surface area contributed by atoms with Gasteiger partial charge in [0.25, 0.3) is 5.91 Å². The second-order valence-corrected chi connectivity index (χ2v) is 4.97. The fraction of sp³-hybridized carbons (Fsp3) is 0.500. The van der Waals surface area contributed by atoms with Gasteiger partial charge in [0, 0.05) is 10.9 Å². The molecule has 82 valence electrons. The van der Waals surface area contributed by atoms with Gasteiger partial charge in [-0.05, 0) is 31.9 Å². The average molecular weight is 225 g/mol. The van der Waals surface area contributed by atoms with E-state index in [1.54, 1.807) is 0 Å². The summed E-state index contributed by atoms with van der Waals surface area (Å²) in [6, 6.07) is 0.497. The molecule has 1 aliphatic carbocycles. The van der Waals surface area contributed by atoms with Crippen LogP contribution in [0.5, 0.6) is 0 Å². The minimum Gasteiger partial charge on any atom is -0.390 e. The number of fused-ring (bicyclic) bond motifs is 1. The number of rotatable bonds is 2. The molecule has 0 saturated carbocycles. The number of nitrogens with two attached hydrogens (primary N) is 2. The molecule has 5 heteroatoms. The van der Waals surface area contributed by atoms with Crippen LogP contribution < -0.4 is 16.8 Å². The van der Waals surface area contributed by atoms with Crippen LogP contribution in [0.3, 0.4) is 0 Å². The number of carbonyl (C=O) groups excluding carboxylic acids is 1. The predicted octanol–water partition coefficient (Wildman–Crippen LogP) is 0.506. The van der Waals surface area contributed by atoms with Gasteiger partial charge in [-0.2, -0.15) is 0 Å². The van der Waals surface area contributed by atoms with E-state index in [-0.39, 0.29) is 0 Å². The van der Waals surface area contributed by atoms with Crippen molar-refractivity contribution >= 4 is 22.2 Å². The zero-order chi connectivity index (χ0) is 11.0. The summed E-state index contributed by atoms with van der Waals surface area (Å²) in [7, 11) is 1.96. The third-order valence-corrected chi connectivity index (χ3v) is 4.03. The van der Waals surface area contributed by atoms with Crippen molar-refractivity contribution in [3.05, 3.63) is 16.0 Å². The van der Waals surface area contributed by atoms with Gasteiger partial charge in [0.1, 0.15) is 0 Å². The van der Waals surface area contributed by atoms with Crippen molar-refractivity contribution in [2.45, 2.75) is 25.3 Å². The number of likely N-dealkylation sites (N-methyl/N-ethyl adjacent to an activating group) is 1. The van der Waals surface area contributed by atoms with Crippen LogP contribution in [0.2, 0.25) is 0 Å². The first-order valence-electron chi connectivity index (χ1n) is 5.00. The fourth-order valence-electron chi connectivity index (χ4n) is 2.12. The van der Waals surface area contributed by atoms with E-state index in [4.69, 9.17) is 11.5 Å². The molecule has 15 heavy (non-hydrogen) atoms. The van der Waals surface area contributed by atoms with E-state index in [1.807, 2.05) is 7.05 Å². The Labute approximate surface area is 92.6 Å². The van der Waals surface area contributed by atoms with Crippen molar-refractivity contribution in [3.63, 3.8) is 0 Å². The van der Waals surface area contributed by atoms with E-state index >= 15 is 0 Å². The topological polar surface area (TPSA) is 81.1 Å². The van der Waals surface area contributed by atoms with E-state index in [2.05, 4.69) is 5.32 Å². The Bertz CT molecular complexity index is 400. The van der Waals surface area contributed by atoms with Crippen molar-refractivity contribution < 1.29 is 4.79 Å². The molecule has 0 saturated heterocycles. The van der Waals surface area contributed by atoms with Gasteiger partial charge in [-0.25, -0.2) is 0 Å². The summed E-state index contributed by atoms with van der Waals surface area (Å²) in [5, 5.41) is 3.83. The molecule has 1 aromatic heterocycles. The lowest BCUT2D eigenvalue weighted by Crippen LogP contribution is -2.31. The van der Waals surface area contributed by atoms with Crippen LogP contribution in [0.1, 0.15) is 27.2 Å². The Balaban J connectivity index is 2.39. The highest BCUT2D eigenvalue weighted by molar-refractivity contribution is 7.16. The minimum absolute atomic E-state index is 0.395. The number of hydrogen-bond donors (Lipinski definition) is 3. The number of nitrogens with one attached hydrogen (secondary N) is 1. The highest BCUT2D eigenvalue weighted by Crippen LogP contribution is 2.35. The van der Waals surface area contributed by atoms with Crippen LogP contribution >= 0.6 is 11.3 Å². The molecule has 4 nitrogen and oxygen atoms in total. The van der Waals surface area contributed by atoms with Gasteiger partial charge in [-0.15, -0.1) is 11.3 Å². The van der Waals surface area contributed by atoms with Gasteiger partial charge in [0.2, 0.25) is 0 Å². The Morgan fingerprint density at radius 2 is 2.33 bits per heavy atom. The molecular weight excluding hydrogens is 210 g/mol. The zero-order valence-electron chi connectivity index (χ0n) is 8.67. The predicted molar refractivity (Wildman–Crippen MR) is 62.1 cm³/mol. The molecule has 1 aliphatic rings. The Morgan fingerprint density at radius 1 is 1.60 bits per heavy atom. The maximum absolute atomic E-state index is 11.2. The minimum atomic E-state index is -0.395. The van der Waals surface area contributed by atoms with Crippen molar-refractivity contribution in [2.24, 2.45) is 5.73 Å². The number of carbonyl (C=O) groups is 1. The summed E-state index contributed by atoms with van der Waals surface area (Å²) in [4.78, 5) is 12.5. The monoisotopic (exact) mass is 225 g/mol. The zero-order valence-corrected chi connectivity index (χ0v) is 9.49. The van der Waals surface area contributed by atoms with Crippen LogP contribution in [-0.4, -0.2) is 19.0 Å². The quantitative estimate of drug-likeness (QED) is 0.686. The van der Waals surface area contributed by atoms with Gasteiger partial charge in [-0.1, -0.05) is 0 Å². The molecule has 1 unspecified atom stereocenters. The molecular formula is C10H15N3OS. The maximum Gasteiger partial charge on any atom is 0.251 e. The van der Waals surface area contributed by atoms with Gasteiger partial charge in [0.15, 0.2) is 0 Å². The second kappa shape index (κ2) is 3.83. The van der Waals surface area contributed by atoms with Crippen LogP contribution in [0.15, 0.2) is 0 Å². The first-order chi connectivity index (χ1) is 7.13. The van der Waals surface area contributed by atoms with Crippen molar-refractivity contribution in [3.8, 4) is 0 Å². The standard InChI is InChI=1S/C10H15N3OS/c1-13-5-2-3-6-7(4-5)15-10(12)8(6)9(11)14/h5,13H,2-4,12H2,1H3,(H2,11,14). The number of anilines is 1. The summed E-state index contributed by atoms with van der Waals surface area (Å²) in [6.07, 6.45) is 2.89. The van der Waals surface area contributed by atoms with Crippen LogP contribution in [0.25, 0.3) is 0 Å². The summed E-state index contributed by atoms with van der Waals surface area (Å²) in [6.45, 7) is 0. The summed E-state index contributed by atoms with van der Waals surface area (Å²) in [5.41, 5.74) is 12.8. The summed E-state index contributed by atoms with van der Waals surface area (Å²) in [5.74, 6) is -0.395. The number of hydrogen-bond acceptors (Lipinski definition) is 4. The molecule has 2 rings (SSSR count). The normalized spacial score (nSPS) is 19.9. The smallest absolute Gasteiger partial charge is 0.251 e. The van der Waals surface area contributed by atoms with Crippen molar-refractivity contribution in [1.29, 1.82) is 0 Å². The van der Waals surface area contributed by atoms with E-state index in [9.17, 15) is 4.79 Å². The summed E-state index contributed by atoms with van der Waals surface area (Å²) >= 11 is 1.50. The average Bonchev–Trinajstić information content (AvgIpc) is 2.52. The van der Waals surface area contributed by atoms with E-state index in [0.29, 0.717) is 16.6 Å². The SMILES string of the molecule is CNC1CCc2c(sc(N)c2C(N)=O)C1. The lowest BCUT2D eigenvalue weighted by Gasteiger charge is -2.21. The molecule has 1 atom stereocenters. The highest BCUT2D eigenvalue weighted by Gasteiger charge is 2.26. The van der Waals surface area contributed by atoms with Gasteiger partial charge in [0.05, 0.1) is 10.6 Å². The largest absolute Gasteiger partial charge is 0.390 e. The molecule has 1 heterocycles. The van der Waals surface area contributed by atoms with Gasteiger partial charge < -0.3 is 16.8 Å². The molecule has 0 bridgehead atoms. The third kappa shape index (κ3) is 1.72. The first-order valence-corrected chi connectivity index (χ1v) is 5.82. The van der Waals surface area contributed by atoms with E-state index < -0.39 is 5.91 Å². The van der Waals surface area contributed by atoms with Crippen molar-refractivity contribution in [1.82, 2.24) is 5.32 Å².